The first-order valence-corrected chi connectivity index (χ1v) is 12.3. The smallest absolute Gasteiger partial charge is 0.349 e. The predicted octanol–water partition coefficient (Wildman–Crippen LogP) is 6.61. The Balaban J connectivity index is 3.54. The highest BCUT2D eigenvalue weighted by atomic mass is 28.4. The van der Waals surface area contributed by atoms with Gasteiger partial charge in [0, 0.05) is 21.9 Å². The van der Waals surface area contributed by atoms with E-state index >= 15 is 0 Å². The first-order valence-electron chi connectivity index (χ1n) is 10.5. The van der Waals surface area contributed by atoms with E-state index in [1.165, 1.54) is 0 Å². The van der Waals surface area contributed by atoms with Gasteiger partial charge in [-0.1, -0.05) is 93.2 Å². The molecule has 0 aromatic heterocycles. The Kier molecular flexibility index (Phi) is 8.26. The van der Waals surface area contributed by atoms with Crippen molar-refractivity contribution in [2.45, 2.75) is 91.5 Å². The molecule has 28 heavy (non-hydrogen) atoms. The molecular formula is C24H42O3Si. The fourth-order valence-electron chi connectivity index (χ4n) is 4.73. The van der Waals surface area contributed by atoms with Crippen molar-refractivity contribution < 1.29 is 13.6 Å². The van der Waals surface area contributed by atoms with Gasteiger partial charge in [0.05, 0.1) is 12.2 Å². The van der Waals surface area contributed by atoms with E-state index < -0.39 is 8.56 Å². The molecular weight excluding hydrogens is 364 g/mol. The summed E-state index contributed by atoms with van der Waals surface area (Å²) in [7, 11) is -2.66. The molecule has 1 aliphatic rings. The Morgan fingerprint density at radius 1 is 1.00 bits per heavy atom. The minimum atomic E-state index is -2.66. The van der Waals surface area contributed by atoms with Crippen LogP contribution in [0.3, 0.4) is 0 Å². The molecule has 0 aromatic rings. The number of carbonyl (C=O) groups is 1. The monoisotopic (exact) mass is 406 g/mol. The summed E-state index contributed by atoms with van der Waals surface area (Å²) in [6, 6.07) is 0. The fourth-order valence-corrected chi connectivity index (χ4v) is 10.1. The van der Waals surface area contributed by atoms with E-state index in [0.29, 0.717) is 0 Å². The highest BCUT2D eigenvalue weighted by Gasteiger charge is 2.63. The second-order valence-electron chi connectivity index (χ2n) is 10.5. The average Bonchev–Trinajstić information content (AvgIpc) is 2.57. The zero-order chi connectivity index (χ0) is 21.9. The number of allylic oxidation sites excluding steroid dienone is 3. The first-order chi connectivity index (χ1) is 12.7. The molecule has 1 rings (SSSR count). The van der Waals surface area contributed by atoms with Crippen LogP contribution in [-0.2, 0) is 13.6 Å². The summed E-state index contributed by atoms with van der Waals surface area (Å²) < 4.78 is 14.0. The van der Waals surface area contributed by atoms with Gasteiger partial charge in [-0.3, -0.25) is 4.79 Å². The van der Waals surface area contributed by atoms with Gasteiger partial charge in [-0.25, -0.2) is 0 Å². The number of carbonyl (C=O) groups excluding carboxylic acids is 1. The molecule has 5 atom stereocenters. The minimum Gasteiger partial charge on any atom is -0.390 e. The van der Waals surface area contributed by atoms with Gasteiger partial charge in [0.1, 0.15) is 6.29 Å². The van der Waals surface area contributed by atoms with E-state index in [2.05, 4.69) is 75.0 Å². The van der Waals surface area contributed by atoms with Gasteiger partial charge in [-0.2, -0.15) is 0 Å². The van der Waals surface area contributed by atoms with Crippen LogP contribution in [0.25, 0.3) is 0 Å². The molecule has 0 saturated carbocycles. The topological polar surface area (TPSA) is 35.5 Å². The van der Waals surface area contributed by atoms with Crippen LogP contribution < -0.4 is 0 Å². The van der Waals surface area contributed by atoms with E-state index in [-0.39, 0.29) is 40.0 Å². The van der Waals surface area contributed by atoms with Gasteiger partial charge in [-0.05, 0) is 18.4 Å². The van der Waals surface area contributed by atoms with Gasteiger partial charge < -0.3 is 8.85 Å². The maximum Gasteiger partial charge on any atom is 0.349 e. The Labute approximate surface area is 174 Å². The molecule has 0 spiro atoms. The molecule has 0 amide bonds. The summed E-state index contributed by atoms with van der Waals surface area (Å²) >= 11 is 0. The molecule has 0 radical (unpaired) electrons. The van der Waals surface area contributed by atoms with Crippen LogP contribution >= 0.6 is 0 Å². The summed E-state index contributed by atoms with van der Waals surface area (Å²) in [5, 5.41) is -0.181. The Hall–Kier alpha value is -0.973. The van der Waals surface area contributed by atoms with Crippen molar-refractivity contribution >= 4 is 14.8 Å². The maximum atomic E-state index is 11.2. The quantitative estimate of drug-likeness (QED) is 0.215. The fraction of sp³-hybridized carbons (Fsp3) is 0.708. The molecule has 0 N–H and O–H groups in total. The van der Waals surface area contributed by atoms with E-state index in [4.69, 9.17) is 8.85 Å². The van der Waals surface area contributed by atoms with Crippen molar-refractivity contribution in [2.24, 2.45) is 17.8 Å². The van der Waals surface area contributed by atoms with Crippen molar-refractivity contribution in [3.05, 3.63) is 36.5 Å². The highest BCUT2D eigenvalue weighted by Crippen LogP contribution is 2.57. The summed E-state index contributed by atoms with van der Waals surface area (Å²) in [5.74, 6) is 0.596. The minimum absolute atomic E-state index is 0.0124. The Morgan fingerprint density at radius 2 is 1.46 bits per heavy atom. The van der Waals surface area contributed by atoms with E-state index in [1.807, 2.05) is 25.2 Å². The molecule has 160 valence electrons. The summed E-state index contributed by atoms with van der Waals surface area (Å²) in [6.07, 6.45) is 9.04. The molecule has 0 bridgehead atoms. The number of hydrogen-bond acceptors (Lipinski definition) is 3. The SMILES string of the molecule is C=C/C=C\[C@@H](C)[C@H]1O[Si](C(C)(C)C)(C(C)(C)C)O[C@@H]([C@H](C)/C=C(\C)C=O)[C@H]1C. The average molecular weight is 407 g/mol. The molecule has 1 heterocycles. The van der Waals surface area contributed by atoms with Crippen LogP contribution in [0.2, 0.25) is 10.1 Å². The third-order valence-electron chi connectivity index (χ3n) is 5.91. The molecule has 0 aliphatic carbocycles. The van der Waals surface area contributed by atoms with Crippen LogP contribution in [0.5, 0.6) is 0 Å². The second-order valence-corrected chi connectivity index (χ2v) is 15.2. The molecule has 4 heteroatoms. The largest absolute Gasteiger partial charge is 0.390 e. The normalized spacial score (nSPS) is 28.8. The summed E-state index contributed by atoms with van der Waals surface area (Å²) in [5.41, 5.74) is 0.754. The summed E-state index contributed by atoms with van der Waals surface area (Å²) in [4.78, 5) is 11.2. The van der Waals surface area contributed by atoms with Gasteiger partial charge >= 0.3 is 8.56 Å². The third kappa shape index (κ3) is 5.14. The lowest BCUT2D eigenvalue weighted by molar-refractivity contribution is -0.105. The first kappa shape index (κ1) is 25.1. The van der Waals surface area contributed by atoms with Crippen molar-refractivity contribution in [3.8, 4) is 0 Å². The van der Waals surface area contributed by atoms with Crippen molar-refractivity contribution in [2.75, 3.05) is 0 Å². The van der Waals surface area contributed by atoms with Crippen LogP contribution in [0.4, 0.5) is 0 Å². The number of rotatable bonds is 6. The summed E-state index contributed by atoms with van der Waals surface area (Å²) in [6.45, 7) is 25.7. The Morgan fingerprint density at radius 3 is 1.86 bits per heavy atom. The van der Waals surface area contributed by atoms with Crippen molar-refractivity contribution in [1.82, 2.24) is 0 Å². The van der Waals surface area contributed by atoms with E-state index in [1.54, 1.807) is 0 Å². The van der Waals surface area contributed by atoms with Gasteiger partial charge in [0.15, 0.2) is 0 Å². The standard InChI is InChI=1S/C24H42O3Si/c1-12-13-14-18(3)21-20(5)22(19(4)15-17(2)16-25)27-28(26-21,23(6,7)8)24(9,10)11/h12-16,18-22H,1H2,2-11H3/b14-13-,17-15+/t18-,19-,20+,21-,22+/m1/s1. The molecule has 0 unspecified atom stereocenters. The number of hydrogen-bond donors (Lipinski definition) is 0. The zero-order valence-electron chi connectivity index (χ0n) is 19.7. The Bertz CT molecular complexity index is 592. The van der Waals surface area contributed by atoms with Crippen molar-refractivity contribution in [3.63, 3.8) is 0 Å². The van der Waals surface area contributed by atoms with Gasteiger partial charge in [0.25, 0.3) is 0 Å². The van der Waals surface area contributed by atoms with Gasteiger partial charge in [0.2, 0.25) is 0 Å². The molecule has 3 nitrogen and oxygen atoms in total. The van der Waals surface area contributed by atoms with Crippen LogP contribution in [-0.4, -0.2) is 27.1 Å². The molecule has 0 aromatic carbocycles. The maximum absolute atomic E-state index is 11.2. The zero-order valence-corrected chi connectivity index (χ0v) is 20.7. The van der Waals surface area contributed by atoms with Gasteiger partial charge in [-0.15, -0.1) is 0 Å². The van der Waals surface area contributed by atoms with E-state index in [9.17, 15) is 4.79 Å². The highest BCUT2D eigenvalue weighted by molar-refractivity contribution is 6.73. The van der Waals surface area contributed by atoms with Crippen molar-refractivity contribution in [1.29, 1.82) is 0 Å². The lowest BCUT2D eigenvalue weighted by Crippen LogP contribution is -2.67. The number of aldehydes is 1. The predicted molar refractivity (Wildman–Crippen MR) is 122 cm³/mol. The van der Waals surface area contributed by atoms with Crippen LogP contribution in [0.15, 0.2) is 36.5 Å². The van der Waals surface area contributed by atoms with E-state index in [0.717, 1.165) is 11.9 Å². The van der Waals surface area contributed by atoms with Crippen LogP contribution in [0, 0.1) is 17.8 Å². The molecule has 1 saturated heterocycles. The molecule has 1 fully saturated rings. The molecule has 1 aliphatic heterocycles. The third-order valence-corrected chi connectivity index (χ3v) is 11.1. The van der Waals surface area contributed by atoms with Crippen LogP contribution in [0.1, 0.15) is 69.2 Å². The lowest BCUT2D eigenvalue weighted by Gasteiger charge is -2.58. The lowest BCUT2D eigenvalue weighted by atomic mass is 9.83. The second kappa shape index (κ2) is 9.23.